The first-order valence-corrected chi connectivity index (χ1v) is 8.30. The van der Waals surface area contributed by atoms with Crippen molar-refractivity contribution in [2.45, 2.75) is 24.2 Å². The Kier molecular flexibility index (Phi) is 4.85. The van der Waals surface area contributed by atoms with Crippen LogP contribution in [-0.4, -0.2) is 36.9 Å². The van der Waals surface area contributed by atoms with Crippen LogP contribution in [-0.2, 0) is 14.8 Å². The Morgan fingerprint density at radius 2 is 2.00 bits per heavy atom. The van der Waals surface area contributed by atoms with E-state index in [1.807, 2.05) is 0 Å². The van der Waals surface area contributed by atoms with Crippen molar-refractivity contribution in [2.24, 2.45) is 5.92 Å². The molecule has 21 heavy (non-hydrogen) atoms. The van der Waals surface area contributed by atoms with Crippen molar-refractivity contribution >= 4 is 27.6 Å². The molecule has 0 bridgehead atoms. The number of sulfonamides is 1. The summed E-state index contributed by atoms with van der Waals surface area (Å²) in [6.07, 6.45) is 0.931. The Hall–Kier alpha value is -1.18. The van der Waals surface area contributed by atoms with Gasteiger partial charge in [-0.15, -0.1) is 0 Å². The standard InChI is InChI=1S/C13H15ClFNO4S/c14-10-2-1-3-11(13(10)15)21(19,20)16-6-4-9(5-7-16)8-12(17)18/h1-3,9H,4-8H2,(H,17,18). The second kappa shape index (κ2) is 6.29. The molecule has 116 valence electrons. The lowest BCUT2D eigenvalue weighted by Gasteiger charge is -2.30. The number of hydrogen-bond donors (Lipinski definition) is 1. The molecule has 0 atom stereocenters. The molecule has 0 spiro atoms. The molecule has 0 unspecified atom stereocenters. The maximum atomic E-state index is 13.9. The van der Waals surface area contributed by atoms with Crippen LogP contribution in [0.5, 0.6) is 0 Å². The highest BCUT2D eigenvalue weighted by Gasteiger charge is 2.32. The second-order valence-electron chi connectivity index (χ2n) is 5.00. The number of carboxylic acids is 1. The third-order valence-corrected chi connectivity index (χ3v) is 5.78. The van der Waals surface area contributed by atoms with E-state index in [9.17, 15) is 17.6 Å². The van der Waals surface area contributed by atoms with Gasteiger partial charge in [0.25, 0.3) is 0 Å². The Bertz CT molecular complexity index is 642. The molecule has 0 aromatic heterocycles. The van der Waals surface area contributed by atoms with E-state index >= 15 is 0 Å². The third-order valence-electron chi connectivity index (χ3n) is 3.57. The number of aliphatic carboxylic acids is 1. The number of rotatable bonds is 4. The summed E-state index contributed by atoms with van der Waals surface area (Å²) < 4.78 is 39.9. The molecule has 0 saturated carbocycles. The summed E-state index contributed by atoms with van der Waals surface area (Å²) in [5, 5.41) is 8.50. The summed E-state index contributed by atoms with van der Waals surface area (Å²) in [6.45, 7) is 0.373. The number of benzene rings is 1. The van der Waals surface area contributed by atoms with Gasteiger partial charge < -0.3 is 5.11 Å². The lowest BCUT2D eigenvalue weighted by atomic mass is 9.95. The van der Waals surface area contributed by atoms with Gasteiger partial charge in [-0.25, -0.2) is 12.8 Å². The number of nitrogens with zero attached hydrogens (tertiary/aromatic N) is 1. The van der Waals surface area contributed by atoms with E-state index in [-0.39, 0.29) is 30.5 Å². The predicted octanol–water partition coefficient (Wildman–Crippen LogP) is 2.35. The van der Waals surface area contributed by atoms with E-state index in [2.05, 4.69) is 0 Å². The number of carbonyl (C=O) groups is 1. The van der Waals surface area contributed by atoms with Crippen LogP contribution in [0.2, 0.25) is 5.02 Å². The van der Waals surface area contributed by atoms with Gasteiger partial charge in [-0.1, -0.05) is 17.7 Å². The molecule has 5 nitrogen and oxygen atoms in total. The molecule has 1 N–H and O–H groups in total. The van der Waals surface area contributed by atoms with Gasteiger partial charge in [0.15, 0.2) is 5.82 Å². The SMILES string of the molecule is O=C(O)CC1CCN(S(=O)(=O)c2cccc(Cl)c2F)CC1. The van der Waals surface area contributed by atoms with Gasteiger partial charge in [0.1, 0.15) is 4.90 Å². The zero-order valence-electron chi connectivity index (χ0n) is 11.1. The molecule has 0 aliphatic carbocycles. The lowest BCUT2D eigenvalue weighted by molar-refractivity contribution is -0.138. The van der Waals surface area contributed by atoms with Crippen LogP contribution >= 0.6 is 11.6 Å². The topological polar surface area (TPSA) is 74.7 Å². The van der Waals surface area contributed by atoms with E-state index in [0.29, 0.717) is 12.8 Å². The van der Waals surface area contributed by atoms with Gasteiger partial charge in [0.05, 0.1) is 5.02 Å². The van der Waals surface area contributed by atoms with Crippen LogP contribution in [0.25, 0.3) is 0 Å². The minimum atomic E-state index is -3.94. The van der Waals surface area contributed by atoms with Crippen molar-refractivity contribution < 1.29 is 22.7 Å². The summed E-state index contributed by atoms with van der Waals surface area (Å²) in [7, 11) is -3.94. The van der Waals surface area contributed by atoms with Gasteiger partial charge in [-0.3, -0.25) is 4.79 Å². The smallest absolute Gasteiger partial charge is 0.303 e. The third kappa shape index (κ3) is 3.53. The summed E-state index contributed by atoms with van der Waals surface area (Å²) in [4.78, 5) is 10.2. The van der Waals surface area contributed by atoms with Crippen LogP contribution < -0.4 is 0 Å². The molecule has 2 rings (SSSR count). The summed E-state index contributed by atoms with van der Waals surface area (Å²) >= 11 is 5.62. The van der Waals surface area contributed by atoms with Gasteiger partial charge in [0, 0.05) is 19.5 Å². The maximum absolute atomic E-state index is 13.9. The second-order valence-corrected chi connectivity index (χ2v) is 7.31. The number of hydrogen-bond acceptors (Lipinski definition) is 3. The lowest BCUT2D eigenvalue weighted by Crippen LogP contribution is -2.39. The Labute approximate surface area is 127 Å². The molecular formula is C13H15ClFNO4S. The average Bonchev–Trinajstić information content (AvgIpc) is 2.41. The first kappa shape index (κ1) is 16.2. The van der Waals surface area contributed by atoms with Gasteiger partial charge in [-0.05, 0) is 30.9 Å². The molecule has 8 heteroatoms. The maximum Gasteiger partial charge on any atom is 0.303 e. The van der Waals surface area contributed by atoms with E-state index in [1.54, 1.807) is 0 Å². The van der Waals surface area contributed by atoms with Crippen molar-refractivity contribution in [1.29, 1.82) is 0 Å². The summed E-state index contributed by atoms with van der Waals surface area (Å²) in [6, 6.07) is 3.85. The van der Waals surface area contributed by atoms with E-state index in [1.165, 1.54) is 22.5 Å². The fraction of sp³-hybridized carbons (Fsp3) is 0.462. The first-order valence-electron chi connectivity index (χ1n) is 6.48. The summed E-state index contributed by atoms with van der Waals surface area (Å²) in [5.41, 5.74) is 0. The number of carboxylic acid groups (broad SMARTS) is 1. The van der Waals surface area contributed by atoms with Crippen molar-refractivity contribution in [2.75, 3.05) is 13.1 Å². The molecule has 1 heterocycles. The van der Waals surface area contributed by atoms with Gasteiger partial charge in [0.2, 0.25) is 10.0 Å². The molecule has 1 aliphatic heterocycles. The summed E-state index contributed by atoms with van der Waals surface area (Å²) in [5.74, 6) is -1.89. The highest BCUT2D eigenvalue weighted by molar-refractivity contribution is 7.89. The van der Waals surface area contributed by atoms with E-state index < -0.39 is 26.7 Å². The van der Waals surface area contributed by atoms with E-state index in [4.69, 9.17) is 16.7 Å². The predicted molar refractivity (Wildman–Crippen MR) is 75.1 cm³/mol. The molecule has 1 aromatic rings. The molecule has 1 fully saturated rings. The highest BCUT2D eigenvalue weighted by atomic mass is 35.5. The molecule has 1 saturated heterocycles. The Balaban J connectivity index is 2.15. The van der Waals surface area contributed by atoms with Crippen LogP contribution in [0.15, 0.2) is 23.1 Å². The molecule has 1 aromatic carbocycles. The number of halogens is 2. The largest absolute Gasteiger partial charge is 0.481 e. The minimum Gasteiger partial charge on any atom is -0.481 e. The zero-order valence-corrected chi connectivity index (χ0v) is 12.7. The van der Waals surface area contributed by atoms with Crippen molar-refractivity contribution in [1.82, 2.24) is 4.31 Å². The fourth-order valence-electron chi connectivity index (χ4n) is 2.42. The quantitative estimate of drug-likeness (QED) is 0.916. The molecule has 0 radical (unpaired) electrons. The first-order chi connectivity index (χ1) is 9.82. The van der Waals surface area contributed by atoms with Gasteiger partial charge in [-0.2, -0.15) is 4.31 Å². The van der Waals surface area contributed by atoms with Crippen LogP contribution in [0.1, 0.15) is 19.3 Å². The molecule has 1 aliphatic rings. The van der Waals surface area contributed by atoms with Crippen LogP contribution in [0.3, 0.4) is 0 Å². The zero-order chi connectivity index (χ0) is 15.6. The molecular weight excluding hydrogens is 321 g/mol. The number of piperidine rings is 1. The minimum absolute atomic E-state index is 0.0272. The van der Waals surface area contributed by atoms with Crippen LogP contribution in [0, 0.1) is 11.7 Å². The van der Waals surface area contributed by atoms with Crippen molar-refractivity contribution in [3.05, 3.63) is 29.0 Å². The van der Waals surface area contributed by atoms with Crippen LogP contribution in [0.4, 0.5) is 4.39 Å². The van der Waals surface area contributed by atoms with Crippen molar-refractivity contribution in [3.63, 3.8) is 0 Å². The average molecular weight is 336 g/mol. The highest BCUT2D eigenvalue weighted by Crippen LogP contribution is 2.28. The molecule has 0 amide bonds. The Morgan fingerprint density at radius 3 is 2.57 bits per heavy atom. The van der Waals surface area contributed by atoms with Gasteiger partial charge >= 0.3 is 5.97 Å². The van der Waals surface area contributed by atoms with Crippen molar-refractivity contribution in [3.8, 4) is 0 Å². The normalized spacial score (nSPS) is 17.8. The monoisotopic (exact) mass is 335 g/mol. The Morgan fingerprint density at radius 1 is 1.38 bits per heavy atom. The van der Waals surface area contributed by atoms with E-state index in [0.717, 1.165) is 0 Å². The fourth-order valence-corrected chi connectivity index (χ4v) is 4.21.